The van der Waals surface area contributed by atoms with E-state index < -0.39 is 5.97 Å². The molecule has 0 aromatic rings. The molecule has 4 nitrogen and oxygen atoms in total. The lowest BCUT2D eigenvalue weighted by Crippen LogP contribution is -2.32. The van der Waals surface area contributed by atoms with Crippen molar-refractivity contribution in [3.05, 3.63) is 0 Å². The molecular weight excluding hydrogens is 206 g/mol. The molecule has 16 heavy (non-hydrogen) atoms. The molecule has 1 fully saturated rings. The van der Waals surface area contributed by atoms with Crippen molar-refractivity contribution in [1.82, 2.24) is 4.90 Å². The molecule has 1 amide bonds. The normalized spacial score (nSPS) is 21.6. The van der Waals surface area contributed by atoms with Crippen molar-refractivity contribution in [2.45, 2.75) is 34.1 Å². The second-order valence-corrected chi connectivity index (χ2v) is 5.78. The maximum absolute atomic E-state index is 12.1. The molecule has 0 spiro atoms. The van der Waals surface area contributed by atoms with Crippen LogP contribution in [0, 0.1) is 16.7 Å². The van der Waals surface area contributed by atoms with Crippen LogP contribution < -0.4 is 0 Å². The Morgan fingerprint density at radius 3 is 1.94 bits per heavy atom. The number of hydrogen-bond donors (Lipinski definition) is 1. The maximum atomic E-state index is 12.1. The van der Waals surface area contributed by atoms with E-state index in [-0.39, 0.29) is 35.6 Å². The van der Waals surface area contributed by atoms with Gasteiger partial charge in [-0.1, -0.05) is 27.7 Å². The summed E-state index contributed by atoms with van der Waals surface area (Å²) in [7, 11) is 1.68. The van der Waals surface area contributed by atoms with Gasteiger partial charge in [-0.15, -0.1) is 0 Å². The van der Waals surface area contributed by atoms with Crippen LogP contribution in [-0.2, 0) is 9.59 Å². The summed E-state index contributed by atoms with van der Waals surface area (Å²) < 4.78 is 0. The van der Waals surface area contributed by atoms with Crippen molar-refractivity contribution in [2.24, 2.45) is 16.7 Å². The van der Waals surface area contributed by atoms with Crippen LogP contribution in [0.2, 0.25) is 0 Å². The van der Waals surface area contributed by atoms with Crippen LogP contribution in [0.5, 0.6) is 0 Å². The van der Waals surface area contributed by atoms with E-state index in [2.05, 4.69) is 27.7 Å². The third-order valence-corrected chi connectivity index (χ3v) is 4.30. The second kappa shape index (κ2) is 3.75. The lowest BCUT2D eigenvalue weighted by molar-refractivity contribution is -0.138. The van der Waals surface area contributed by atoms with Crippen LogP contribution in [0.3, 0.4) is 0 Å². The highest BCUT2D eigenvalue weighted by Crippen LogP contribution is 2.68. The molecule has 1 aliphatic carbocycles. The highest BCUT2D eigenvalue weighted by Gasteiger charge is 2.68. The van der Waals surface area contributed by atoms with Gasteiger partial charge in [0.05, 0.1) is 6.42 Å². The Kier molecular flexibility index (Phi) is 3.05. The fourth-order valence-electron chi connectivity index (χ4n) is 2.41. The summed E-state index contributed by atoms with van der Waals surface area (Å²) in [6, 6.07) is 0. The quantitative estimate of drug-likeness (QED) is 0.793. The fraction of sp³-hybridized carbons (Fsp3) is 0.833. The fourth-order valence-corrected chi connectivity index (χ4v) is 2.41. The van der Waals surface area contributed by atoms with Gasteiger partial charge >= 0.3 is 5.97 Å². The minimum atomic E-state index is -0.867. The van der Waals surface area contributed by atoms with Crippen LogP contribution in [0.15, 0.2) is 0 Å². The van der Waals surface area contributed by atoms with Crippen LogP contribution in [0.4, 0.5) is 0 Å². The third kappa shape index (κ3) is 1.93. The van der Waals surface area contributed by atoms with Gasteiger partial charge in [-0.05, 0) is 10.8 Å². The number of carboxylic acid groups (broad SMARTS) is 1. The van der Waals surface area contributed by atoms with Crippen molar-refractivity contribution < 1.29 is 14.7 Å². The van der Waals surface area contributed by atoms with Crippen molar-refractivity contribution in [3.63, 3.8) is 0 Å². The van der Waals surface area contributed by atoms with Crippen LogP contribution >= 0.6 is 0 Å². The Morgan fingerprint density at radius 2 is 1.62 bits per heavy atom. The van der Waals surface area contributed by atoms with Gasteiger partial charge in [0.25, 0.3) is 0 Å². The van der Waals surface area contributed by atoms with E-state index in [4.69, 9.17) is 5.11 Å². The Morgan fingerprint density at radius 1 is 1.19 bits per heavy atom. The van der Waals surface area contributed by atoms with Gasteiger partial charge in [0, 0.05) is 19.5 Å². The molecule has 0 atom stereocenters. The molecule has 0 aromatic heterocycles. The molecule has 1 N–H and O–H groups in total. The van der Waals surface area contributed by atoms with Crippen molar-refractivity contribution >= 4 is 11.9 Å². The first-order chi connectivity index (χ1) is 7.12. The minimum absolute atomic E-state index is 0.00974. The molecule has 0 unspecified atom stereocenters. The number of amides is 1. The van der Waals surface area contributed by atoms with Gasteiger partial charge in [0.1, 0.15) is 0 Å². The molecule has 1 saturated carbocycles. The van der Waals surface area contributed by atoms with Crippen LogP contribution in [-0.4, -0.2) is 35.5 Å². The number of carbonyl (C=O) groups excluding carboxylic acids is 1. The van der Waals surface area contributed by atoms with Gasteiger partial charge in [-0.2, -0.15) is 0 Å². The van der Waals surface area contributed by atoms with E-state index in [0.29, 0.717) is 0 Å². The van der Waals surface area contributed by atoms with E-state index in [1.807, 2.05) is 0 Å². The van der Waals surface area contributed by atoms with Crippen molar-refractivity contribution in [3.8, 4) is 0 Å². The zero-order chi connectivity index (χ0) is 12.7. The van der Waals surface area contributed by atoms with Gasteiger partial charge in [-0.3, -0.25) is 9.59 Å². The first kappa shape index (κ1) is 13.0. The first-order valence-corrected chi connectivity index (χ1v) is 5.59. The molecule has 1 rings (SSSR count). The zero-order valence-corrected chi connectivity index (χ0v) is 10.7. The Hall–Kier alpha value is -1.06. The third-order valence-electron chi connectivity index (χ3n) is 4.30. The van der Waals surface area contributed by atoms with Gasteiger partial charge in [0.2, 0.25) is 5.91 Å². The Bertz CT molecular complexity index is 306. The lowest BCUT2D eigenvalue weighted by atomic mass is 10.0. The molecule has 0 aromatic carbocycles. The summed E-state index contributed by atoms with van der Waals surface area (Å²) in [4.78, 5) is 24.0. The number of hydrogen-bond acceptors (Lipinski definition) is 2. The molecule has 0 aliphatic heterocycles. The number of carbonyl (C=O) groups is 2. The smallest absolute Gasteiger partial charge is 0.305 e. The van der Waals surface area contributed by atoms with Gasteiger partial charge in [-0.25, -0.2) is 0 Å². The summed E-state index contributed by atoms with van der Waals surface area (Å²) in [5.74, 6) is -0.788. The first-order valence-electron chi connectivity index (χ1n) is 5.59. The van der Waals surface area contributed by atoms with Crippen LogP contribution in [0.25, 0.3) is 0 Å². The minimum Gasteiger partial charge on any atom is -0.481 e. The summed E-state index contributed by atoms with van der Waals surface area (Å²) in [6.07, 6.45) is 0.00974. The molecule has 0 radical (unpaired) electrons. The summed E-state index contributed by atoms with van der Waals surface area (Å²) in [5.41, 5.74) is 0.0309. The highest BCUT2D eigenvalue weighted by molar-refractivity contribution is 5.84. The van der Waals surface area contributed by atoms with E-state index in [1.165, 1.54) is 4.90 Å². The summed E-state index contributed by atoms with van der Waals surface area (Å²) >= 11 is 0. The molecule has 4 heteroatoms. The monoisotopic (exact) mass is 227 g/mol. The molecule has 0 saturated heterocycles. The lowest BCUT2D eigenvalue weighted by Gasteiger charge is -2.17. The van der Waals surface area contributed by atoms with E-state index in [1.54, 1.807) is 7.05 Å². The van der Waals surface area contributed by atoms with E-state index >= 15 is 0 Å². The number of rotatable bonds is 4. The molecule has 92 valence electrons. The average molecular weight is 227 g/mol. The predicted octanol–water partition coefficient (Wildman–Crippen LogP) is 1.60. The predicted molar refractivity (Wildman–Crippen MR) is 60.9 cm³/mol. The zero-order valence-electron chi connectivity index (χ0n) is 10.7. The Labute approximate surface area is 96.6 Å². The largest absolute Gasteiger partial charge is 0.481 e. The maximum Gasteiger partial charge on any atom is 0.305 e. The molecular formula is C12H21NO3. The topological polar surface area (TPSA) is 57.6 Å². The highest BCUT2D eigenvalue weighted by atomic mass is 16.4. The molecule has 0 bridgehead atoms. The van der Waals surface area contributed by atoms with Gasteiger partial charge < -0.3 is 10.0 Å². The standard InChI is InChI=1S/C12H21NO3/c1-11(2)9(12(11,3)4)10(16)13(5)7-6-8(14)15/h9H,6-7H2,1-5H3,(H,14,15). The summed E-state index contributed by atoms with van der Waals surface area (Å²) in [6.45, 7) is 8.62. The SMILES string of the molecule is CN(CCC(=O)O)C(=O)C1C(C)(C)C1(C)C. The molecule has 0 heterocycles. The average Bonchev–Trinajstić information content (AvgIpc) is 2.52. The second-order valence-electron chi connectivity index (χ2n) is 5.78. The number of aliphatic carboxylic acids is 1. The van der Waals surface area contributed by atoms with Crippen LogP contribution in [0.1, 0.15) is 34.1 Å². The van der Waals surface area contributed by atoms with Crippen molar-refractivity contribution in [2.75, 3.05) is 13.6 Å². The van der Waals surface area contributed by atoms with Gasteiger partial charge in [0.15, 0.2) is 0 Å². The van der Waals surface area contributed by atoms with E-state index in [9.17, 15) is 9.59 Å². The van der Waals surface area contributed by atoms with E-state index in [0.717, 1.165) is 0 Å². The number of carboxylic acids is 1. The number of nitrogens with zero attached hydrogens (tertiary/aromatic N) is 1. The molecule has 1 aliphatic rings. The Balaban J connectivity index is 2.57. The summed E-state index contributed by atoms with van der Waals surface area (Å²) in [5, 5.41) is 8.57. The van der Waals surface area contributed by atoms with Crippen molar-refractivity contribution in [1.29, 1.82) is 0 Å².